The predicted molar refractivity (Wildman–Crippen MR) is 128 cm³/mol. The maximum atomic E-state index is 13.4. The first-order valence-corrected chi connectivity index (χ1v) is 11.0. The zero-order chi connectivity index (χ0) is 23.4. The van der Waals surface area contributed by atoms with Gasteiger partial charge in [0.05, 0.1) is 22.2 Å². The summed E-state index contributed by atoms with van der Waals surface area (Å²) in [5, 5.41) is 22.1. The van der Waals surface area contributed by atoms with E-state index >= 15 is 0 Å². The van der Waals surface area contributed by atoms with Crippen molar-refractivity contribution < 1.29 is 19.8 Å². The number of rotatable bonds is 5. The van der Waals surface area contributed by atoms with Crippen LogP contribution in [-0.2, 0) is 22.9 Å². The third kappa shape index (κ3) is 3.20. The van der Waals surface area contributed by atoms with Crippen LogP contribution < -0.4 is 0 Å². The maximum Gasteiger partial charge on any atom is 0.264 e. The van der Waals surface area contributed by atoms with Gasteiger partial charge < -0.3 is 19.3 Å². The highest BCUT2D eigenvalue weighted by Gasteiger charge is 2.41. The van der Waals surface area contributed by atoms with Gasteiger partial charge in [-0.25, -0.2) is 0 Å². The van der Waals surface area contributed by atoms with Crippen molar-refractivity contribution in [3.63, 3.8) is 0 Å². The molecule has 9 heteroatoms. The van der Waals surface area contributed by atoms with Crippen LogP contribution in [0.1, 0.15) is 18.1 Å². The van der Waals surface area contributed by atoms with Gasteiger partial charge in [0.1, 0.15) is 13.5 Å². The molecule has 168 valence electrons. The van der Waals surface area contributed by atoms with Crippen LogP contribution in [-0.4, -0.2) is 42.8 Å². The lowest BCUT2D eigenvalue weighted by atomic mass is 9.95. The van der Waals surface area contributed by atoms with Gasteiger partial charge in [-0.15, -0.1) is 0 Å². The van der Waals surface area contributed by atoms with E-state index in [0.717, 1.165) is 15.8 Å². The average molecular weight is 484 g/mol. The Hall–Kier alpha value is -3.10. The third-order valence-corrected chi connectivity index (χ3v) is 6.50. The second kappa shape index (κ2) is 8.04. The second-order valence-corrected chi connectivity index (χ2v) is 8.61. The van der Waals surface area contributed by atoms with Crippen molar-refractivity contribution >= 4 is 68.0 Å². The molecule has 0 unspecified atom stereocenters. The van der Waals surface area contributed by atoms with Crippen molar-refractivity contribution in [2.24, 2.45) is 0 Å². The van der Waals surface area contributed by atoms with E-state index in [1.807, 2.05) is 29.8 Å². The number of aryl methyl sites for hydroxylation is 1. The molecule has 0 bridgehead atoms. The van der Waals surface area contributed by atoms with Gasteiger partial charge in [-0.2, -0.15) is 0 Å². The van der Waals surface area contributed by atoms with Gasteiger partial charge in [0.15, 0.2) is 0 Å². The van der Waals surface area contributed by atoms with Crippen molar-refractivity contribution in [1.82, 2.24) is 14.0 Å². The Balaban J connectivity index is 1.88. The number of aromatic nitrogens is 2. The van der Waals surface area contributed by atoms with Crippen LogP contribution in [0.25, 0.3) is 33.0 Å². The number of fused-ring (bicyclic) bond motifs is 2. The molecule has 33 heavy (non-hydrogen) atoms. The molecule has 4 aromatic rings. The summed E-state index contributed by atoms with van der Waals surface area (Å²) < 4.78 is 3.51. The minimum Gasteiger partial charge on any atom is -0.376 e. The lowest BCUT2D eigenvalue weighted by Gasteiger charge is -2.10. The molecule has 2 aromatic heterocycles. The van der Waals surface area contributed by atoms with E-state index < -0.39 is 18.5 Å². The van der Waals surface area contributed by atoms with Crippen LogP contribution in [0.4, 0.5) is 0 Å². The fraction of sp³-hybridized carbons (Fsp3) is 0.167. The Kier molecular flexibility index (Phi) is 5.29. The summed E-state index contributed by atoms with van der Waals surface area (Å²) in [6.07, 6.45) is 3.45. The molecule has 0 fully saturated rings. The molecule has 0 saturated heterocycles. The predicted octanol–water partition coefficient (Wildman–Crippen LogP) is 4.10. The van der Waals surface area contributed by atoms with E-state index in [4.69, 9.17) is 23.2 Å². The Morgan fingerprint density at radius 1 is 0.758 bits per heavy atom. The van der Waals surface area contributed by atoms with Crippen molar-refractivity contribution in [2.45, 2.75) is 20.2 Å². The SMILES string of the molecule is CCn1cc(C2=C(c3cn(CO)c4cc(Cl)ccc34)C(=O)N(CO)C2=O)c2ccc(Cl)cc21. The van der Waals surface area contributed by atoms with Crippen LogP contribution >= 0.6 is 23.2 Å². The van der Waals surface area contributed by atoms with E-state index in [9.17, 15) is 19.8 Å². The number of aliphatic hydroxyl groups excluding tert-OH is 2. The van der Waals surface area contributed by atoms with Gasteiger partial charge in [-0.3, -0.25) is 14.5 Å². The molecule has 0 spiro atoms. The lowest BCUT2D eigenvalue weighted by molar-refractivity contribution is -0.139. The van der Waals surface area contributed by atoms with Crippen molar-refractivity contribution in [1.29, 1.82) is 0 Å². The van der Waals surface area contributed by atoms with E-state index in [1.54, 1.807) is 35.0 Å². The fourth-order valence-electron chi connectivity index (χ4n) is 4.51. The zero-order valence-electron chi connectivity index (χ0n) is 17.5. The Morgan fingerprint density at radius 3 is 1.70 bits per heavy atom. The molecule has 0 radical (unpaired) electrons. The van der Waals surface area contributed by atoms with Gasteiger partial charge in [-0.1, -0.05) is 35.3 Å². The molecule has 0 saturated carbocycles. The summed E-state index contributed by atoms with van der Waals surface area (Å²) >= 11 is 12.4. The number of nitrogens with zero attached hydrogens (tertiary/aromatic N) is 3. The summed E-state index contributed by atoms with van der Waals surface area (Å²) in [4.78, 5) is 27.6. The molecule has 1 aliphatic rings. The van der Waals surface area contributed by atoms with Gasteiger partial charge in [0, 0.05) is 50.9 Å². The number of hydrogen-bond acceptors (Lipinski definition) is 4. The largest absolute Gasteiger partial charge is 0.376 e. The monoisotopic (exact) mass is 483 g/mol. The number of carbonyl (C=O) groups is 2. The van der Waals surface area contributed by atoms with E-state index in [0.29, 0.717) is 38.6 Å². The van der Waals surface area contributed by atoms with Crippen LogP contribution in [0.2, 0.25) is 10.0 Å². The highest BCUT2D eigenvalue weighted by atomic mass is 35.5. The summed E-state index contributed by atoms with van der Waals surface area (Å²) in [6.45, 7) is 1.53. The summed E-state index contributed by atoms with van der Waals surface area (Å²) in [6, 6.07) is 10.5. The molecule has 3 heterocycles. The van der Waals surface area contributed by atoms with E-state index in [1.165, 1.54) is 0 Å². The number of amides is 2. The Labute approximate surface area is 198 Å². The topological polar surface area (TPSA) is 87.7 Å². The molecule has 2 aromatic carbocycles. The van der Waals surface area contributed by atoms with Crippen molar-refractivity contribution in [2.75, 3.05) is 6.73 Å². The number of carbonyl (C=O) groups excluding carboxylic acids is 2. The molecule has 0 aliphatic carbocycles. The van der Waals surface area contributed by atoms with Gasteiger partial charge in [-0.05, 0) is 31.2 Å². The first kappa shape index (κ1) is 21.7. The molecule has 7 nitrogen and oxygen atoms in total. The lowest BCUT2D eigenvalue weighted by Crippen LogP contribution is -2.32. The number of imide groups is 1. The van der Waals surface area contributed by atoms with Gasteiger partial charge in [0.25, 0.3) is 11.8 Å². The highest BCUT2D eigenvalue weighted by molar-refractivity contribution is 6.50. The van der Waals surface area contributed by atoms with Crippen LogP contribution in [0.15, 0.2) is 48.8 Å². The molecule has 5 rings (SSSR count). The standard InChI is InChI=1S/C24H19Cl2N3O4/c1-2-27-9-17(15-5-3-13(25)7-19(15)27)21-22(24(33)29(12-31)23(21)32)18-10-28(11-30)20-8-14(26)4-6-16(18)20/h3-10,30-31H,2,11-12H2,1H3. The maximum absolute atomic E-state index is 13.4. The van der Waals surface area contributed by atoms with Gasteiger partial charge in [0.2, 0.25) is 0 Å². The van der Waals surface area contributed by atoms with E-state index in [-0.39, 0.29) is 17.9 Å². The van der Waals surface area contributed by atoms with E-state index in [2.05, 4.69) is 0 Å². The minimum atomic E-state index is -0.743. The van der Waals surface area contributed by atoms with Gasteiger partial charge >= 0.3 is 0 Å². The third-order valence-electron chi connectivity index (χ3n) is 6.03. The average Bonchev–Trinajstić information content (AvgIpc) is 3.41. The Bertz CT molecular complexity index is 1390. The number of hydrogen-bond donors (Lipinski definition) is 2. The number of aliphatic hydroxyl groups is 2. The highest BCUT2D eigenvalue weighted by Crippen LogP contribution is 2.42. The second-order valence-electron chi connectivity index (χ2n) is 7.74. The van der Waals surface area contributed by atoms with Crippen molar-refractivity contribution in [3.05, 3.63) is 70.0 Å². The Morgan fingerprint density at radius 2 is 1.24 bits per heavy atom. The zero-order valence-corrected chi connectivity index (χ0v) is 19.1. The molecule has 0 atom stereocenters. The van der Waals surface area contributed by atoms with Crippen LogP contribution in [0, 0.1) is 0 Å². The molecular formula is C24H19Cl2N3O4. The van der Waals surface area contributed by atoms with Crippen LogP contribution in [0.3, 0.4) is 0 Å². The molecule has 2 N–H and O–H groups in total. The minimum absolute atomic E-state index is 0.165. The first-order chi connectivity index (χ1) is 15.9. The number of benzene rings is 2. The van der Waals surface area contributed by atoms with Crippen molar-refractivity contribution in [3.8, 4) is 0 Å². The molecule has 2 amide bonds. The van der Waals surface area contributed by atoms with Crippen LogP contribution in [0.5, 0.6) is 0 Å². The quantitative estimate of drug-likeness (QED) is 0.418. The summed E-state index contributed by atoms with van der Waals surface area (Å²) in [7, 11) is 0. The molecule has 1 aliphatic heterocycles. The summed E-state index contributed by atoms with van der Waals surface area (Å²) in [5.74, 6) is -1.18. The first-order valence-electron chi connectivity index (χ1n) is 10.3. The smallest absolute Gasteiger partial charge is 0.264 e. The molecular weight excluding hydrogens is 465 g/mol. The normalized spacial score (nSPS) is 14.5. The number of halogens is 2. The summed E-state index contributed by atoms with van der Waals surface area (Å²) in [5.41, 5.74) is 2.87. The fourth-order valence-corrected chi connectivity index (χ4v) is 4.84.